The van der Waals surface area contributed by atoms with Gasteiger partial charge < -0.3 is 9.73 Å². The first kappa shape index (κ1) is 14.5. The number of halogens is 1. The quantitative estimate of drug-likeness (QED) is 0.931. The van der Waals surface area contributed by atoms with E-state index in [9.17, 15) is 8.42 Å². The van der Waals surface area contributed by atoms with Crippen molar-refractivity contribution in [1.29, 1.82) is 0 Å². The number of anilines is 1. The van der Waals surface area contributed by atoms with E-state index in [4.69, 9.17) is 16.0 Å². The summed E-state index contributed by atoms with van der Waals surface area (Å²) in [6.45, 7) is 0. The minimum absolute atomic E-state index is 0.0970. The van der Waals surface area contributed by atoms with E-state index in [0.29, 0.717) is 10.7 Å². The molecular formula is C15H16ClNO3S. The van der Waals surface area contributed by atoms with E-state index >= 15 is 0 Å². The van der Waals surface area contributed by atoms with Crippen LogP contribution in [-0.4, -0.2) is 14.7 Å². The van der Waals surface area contributed by atoms with Crippen LogP contribution in [0.5, 0.6) is 0 Å². The average Bonchev–Trinajstić information content (AvgIpc) is 2.89. The van der Waals surface area contributed by atoms with Crippen molar-refractivity contribution in [3.63, 3.8) is 0 Å². The predicted octanol–water partition coefficient (Wildman–Crippen LogP) is 3.83. The van der Waals surface area contributed by atoms with Gasteiger partial charge >= 0.3 is 0 Å². The zero-order valence-corrected chi connectivity index (χ0v) is 13.2. The van der Waals surface area contributed by atoms with Crippen molar-refractivity contribution in [2.75, 3.05) is 11.6 Å². The number of hydrogen-bond donors (Lipinski definition) is 1. The maximum Gasteiger partial charge on any atom is 0.175 e. The van der Waals surface area contributed by atoms with Gasteiger partial charge in [0.05, 0.1) is 27.9 Å². The smallest absolute Gasteiger partial charge is 0.175 e. The molecule has 3 rings (SSSR count). The van der Waals surface area contributed by atoms with Crippen molar-refractivity contribution >= 4 is 27.1 Å². The van der Waals surface area contributed by atoms with Gasteiger partial charge in [-0.1, -0.05) is 11.6 Å². The highest BCUT2D eigenvalue weighted by Crippen LogP contribution is 2.35. The van der Waals surface area contributed by atoms with Gasteiger partial charge in [-0.25, -0.2) is 8.42 Å². The summed E-state index contributed by atoms with van der Waals surface area (Å²) < 4.78 is 28.8. The Hall–Kier alpha value is -1.46. The number of nitrogens with one attached hydrogen (secondary N) is 1. The number of fused-ring (bicyclic) bond motifs is 1. The number of rotatable bonds is 3. The van der Waals surface area contributed by atoms with Crippen LogP contribution in [0.25, 0.3) is 0 Å². The Morgan fingerprint density at radius 2 is 2.14 bits per heavy atom. The Morgan fingerprint density at radius 3 is 2.90 bits per heavy atom. The maximum atomic E-state index is 11.7. The van der Waals surface area contributed by atoms with Gasteiger partial charge in [-0.3, -0.25) is 0 Å². The van der Waals surface area contributed by atoms with Crippen LogP contribution in [0, 0.1) is 0 Å². The molecule has 2 aromatic rings. The number of sulfone groups is 1. The van der Waals surface area contributed by atoms with Gasteiger partial charge in [0.15, 0.2) is 9.84 Å². The molecule has 0 saturated carbocycles. The Labute approximate surface area is 129 Å². The lowest BCUT2D eigenvalue weighted by atomic mass is 9.93. The SMILES string of the molecule is CS(=O)(=O)c1ccc(Cl)c(NC2CCCc3occc32)c1. The molecule has 1 aliphatic rings. The van der Waals surface area contributed by atoms with Crippen molar-refractivity contribution < 1.29 is 12.8 Å². The fourth-order valence-corrected chi connectivity index (χ4v) is 3.49. The first-order valence-corrected chi connectivity index (χ1v) is 9.04. The lowest BCUT2D eigenvalue weighted by Crippen LogP contribution is -2.16. The molecule has 112 valence electrons. The zero-order valence-electron chi connectivity index (χ0n) is 11.6. The highest BCUT2D eigenvalue weighted by molar-refractivity contribution is 7.90. The van der Waals surface area contributed by atoms with E-state index in [1.165, 1.54) is 12.3 Å². The second-order valence-corrected chi connectivity index (χ2v) is 7.73. The molecule has 0 amide bonds. The van der Waals surface area contributed by atoms with Gasteiger partial charge in [-0.05, 0) is 37.1 Å². The van der Waals surface area contributed by atoms with Gasteiger partial charge in [0.2, 0.25) is 0 Å². The minimum Gasteiger partial charge on any atom is -0.469 e. The van der Waals surface area contributed by atoms with Gasteiger partial charge in [-0.2, -0.15) is 0 Å². The summed E-state index contributed by atoms with van der Waals surface area (Å²) >= 11 is 6.19. The van der Waals surface area contributed by atoms with E-state index < -0.39 is 9.84 Å². The first-order chi connectivity index (χ1) is 9.95. The van der Waals surface area contributed by atoms with Crippen LogP contribution in [-0.2, 0) is 16.3 Å². The summed E-state index contributed by atoms with van der Waals surface area (Å²) in [6, 6.07) is 6.78. The van der Waals surface area contributed by atoms with E-state index in [1.54, 1.807) is 18.4 Å². The molecule has 0 aliphatic heterocycles. The van der Waals surface area contributed by atoms with Crippen LogP contribution in [0.15, 0.2) is 39.8 Å². The Kier molecular flexibility index (Phi) is 3.71. The molecular weight excluding hydrogens is 310 g/mol. The minimum atomic E-state index is -3.25. The molecule has 0 spiro atoms. The number of benzene rings is 1. The van der Waals surface area contributed by atoms with Gasteiger partial charge in [-0.15, -0.1) is 0 Å². The summed E-state index contributed by atoms with van der Waals surface area (Å²) in [5.74, 6) is 0.995. The Bertz CT molecular complexity index is 767. The second-order valence-electron chi connectivity index (χ2n) is 5.30. The second kappa shape index (κ2) is 5.39. The number of hydrogen-bond acceptors (Lipinski definition) is 4. The highest BCUT2D eigenvalue weighted by atomic mass is 35.5. The largest absolute Gasteiger partial charge is 0.469 e. The Balaban J connectivity index is 1.93. The van der Waals surface area contributed by atoms with Crippen LogP contribution >= 0.6 is 11.6 Å². The van der Waals surface area contributed by atoms with Crippen LogP contribution in [0.2, 0.25) is 5.02 Å². The normalized spacial score (nSPS) is 18.3. The summed E-state index contributed by atoms with van der Waals surface area (Å²) in [5, 5.41) is 3.86. The monoisotopic (exact) mass is 325 g/mol. The fraction of sp³-hybridized carbons (Fsp3) is 0.333. The lowest BCUT2D eigenvalue weighted by molar-refractivity contribution is 0.461. The zero-order chi connectivity index (χ0) is 15.0. The molecule has 4 nitrogen and oxygen atoms in total. The molecule has 1 unspecified atom stereocenters. The number of aryl methyl sites for hydroxylation is 1. The third kappa shape index (κ3) is 2.94. The molecule has 1 heterocycles. The third-order valence-electron chi connectivity index (χ3n) is 3.75. The molecule has 1 N–H and O–H groups in total. The van der Waals surface area contributed by atoms with Crippen molar-refractivity contribution in [3.05, 3.63) is 46.9 Å². The molecule has 1 aromatic heterocycles. The first-order valence-electron chi connectivity index (χ1n) is 6.77. The molecule has 21 heavy (non-hydrogen) atoms. The van der Waals surface area contributed by atoms with Gasteiger partial charge in [0.25, 0.3) is 0 Å². The molecule has 1 aliphatic carbocycles. The topological polar surface area (TPSA) is 59.3 Å². The van der Waals surface area contributed by atoms with E-state index in [-0.39, 0.29) is 10.9 Å². The van der Waals surface area contributed by atoms with Crippen molar-refractivity contribution in [3.8, 4) is 0 Å². The molecule has 0 saturated heterocycles. The summed E-state index contributed by atoms with van der Waals surface area (Å²) in [5.41, 5.74) is 1.76. The fourth-order valence-electron chi connectivity index (χ4n) is 2.67. The molecule has 0 radical (unpaired) electrons. The van der Waals surface area contributed by atoms with Crippen LogP contribution in [0.1, 0.15) is 30.2 Å². The van der Waals surface area contributed by atoms with Crippen molar-refractivity contribution in [2.45, 2.75) is 30.2 Å². The van der Waals surface area contributed by atoms with Gasteiger partial charge in [0, 0.05) is 18.2 Å². The molecule has 1 aromatic carbocycles. The summed E-state index contributed by atoms with van der Waals surface area (Å²) in [6.07, 6.45) is 5.82. The summed E-state index contributed by atoms with van der Waals surface area (Å²) in [4.78, 5) is 0.262. The van der Waals surface area contributed by atoms with Crippen molar-refractivity contribution in [1.82, 2.24) is 0 Å². The van der Waals surface area contributed by atoms with Crippen LogP contribution in [0.3, 0.4) is 0 Å². The Morgan fingerprint density at radius 1 is 1.33 bits per heavy atom. The standard InChI is InChI=1S/C15H16ClNO3S/c1-21(18,19)10-5-6-12(16)14(9-10)17-13-3-2-4-15-11(13)7-8-20-15/h5-9,13,17H,2-4H2,1H3. The molecule has 1 atom stereocenters. The van der Waals surface area contributed by atoms with E-state index in [2.05, 4.69) is 5.32 Å². The molecule has 0 fully saturated rings. The van der Waals surface area contributed by atoms with E-state index in [1.807, 2.05) is 6.07 Å². The highest BCUT2D eigenvalue weighted by Gasteiger charge is 2.23. The number of furan rings is 1. The maximum absolute atomic E-state index is 11.7. The summed E-state index contributed by atoms with van der Waals surface area (Å²) in [7, 11) is -3.25. The molecule has 6 heteroatoms. The van der Waals surface area contributed by atoms with Crippen LogP contribution < -0.4 is 5.32 Å². The predicted molar refractivity (Wildman–Crippen MR) is 82.6 cm³/mol. The van der Waals surface area contributed by atoms with Crippen molar-refractivity contribution in [2.24, 2.45) is 0 Å². The lowest BCUT2D eigenvalue weighted by Gasteiger charge is -2.24. The van der Waals surface area contributed by atoms with Gasteiger partial charge in [0.1, 0.15) is 5.76 Å². The third-order valence-corrected chi connectivity index (χ3v) is 5.19. The molecule has 0 bridgehead atoms. The van der Waals surface area contributed by atoms with Crippen LogP contribution in [0.4, 0.5) is 5.69 Å². The average molecular weight is 326 g/mol. The van der Waals surface area contributed by atoms with E-state index in [0.717, 1.165) is 30.6 Å².